The van der Waals surface area contributed by atoms with Gasteiger partial charge in [-0.05, 0) is 23.6 Å². The van der Waals surface area contributed by atoms with Crippen LogP contribution < -0.4 is 0 Å². The van der Waals surface area contributed by atoms with Gasteiger partial charge >= 0.3 is 5.97 Å². The zero-order valence-corrected chi connectivity index (χ0v) is 13.2. The standard InChI is InChI=1S/C18H20N2O3/c1-4-13(3)15-8-6-14(7-9-15)11-20-16(18(22)23-5-2)10-19-17(20)12-21/h4,6-10,21H,1,3,5,11-12H2,2H3. The molecular formula is C18H20N2O3. The first-order valence-corrected chi connectivity index (χ1v) is 7.33. The Labute approximate surface area is 135 Å². The smallest absolute Gasteiger partial charge is 0.356 e. The van der Waals surface area contributed by atoms with Crippen LogP contribution in [0.4, 0.5) is 0 Å². The Bertz CT molecular complexity index is 714. The van der Waals surface area contributed by atoms with Crippen molar-refractivity contribution in [2.24, 2.45) is 0 Å². The van der Waals surface area contributed by atoms with Crippen LogP contribution in [0.3, 0.4) is 0 Å². The molecule has 0 saturated heterocycles. The van der Waals surface area contributed by atoms with Crippen LogP contribution in [0.5, 0.6) is 0 Å². The summed E-state index contributed by atoms with van der Waals surface area (Å²) in [6.07, 6.45) is 3.13. The number of rotatable bonds is 7. The minimum atomic E-state index is -0.448. The summed E-state index contributed by atoms with van der Waals surface area (Å²) >= 11 is 0. The number of allylic oxidation sites excluding steroid dienone is 2. The van der Waals surface area contributed by atoms with Crippen molar-refractivity contribution in [3.63, 3.8) is 0 Å². The van der Waals surface area contributed by atoms with Gasteiger partial charge in [-0.1, -0.05) is 43.5 Å². The molecule has 0 aliphatic carbocycles. The van der Waals surface area contributed by atoms with Gasteiger partial charge in [0.05, 0.1) is 12.8 Å². The Kier molecular flexibility index (Phi) is 5.49. The molecule has 0 spiro atoms. The topological polar surface area (TPSA) is 64.4 Å². The molecule has 5 heteroatoms. The lowest BCUT2D eigenvalue weighted by atomic mass is 10.1. The van der Waals surface area contributed by atoms with Gasteiger partial charge in [-0.2, -0.15) is 0 Å². The van der Waals surface area contributed by atoms with Crippen LogP contribution in [0, 0.1) is 0 Å². The van der Waals surface area contributed by atoms with Crippen molar-refractivity contribution in [3.05, 3.63) is 72.3 Å². The number of carbonyl (C=O) groups is 1. The molecule has 1 aromatic carbocycles. The number of hydrogen-bond donors (Lipinski definition) is 1. The zero-order chi connectivity index (χ0) is 16.8. The largest absolute Gasteiger partial charge is 0.461 e. The third kappa shape index (κ3) is 3.76. The number of nitrogens with zero attached hydrogens (tertiary/aromatic N) is 2. The summed E-state index contributed by atoms with van der Waals surface area (Å²) in [5, 5.41) is 9.41. The van der Waals surface area contributed by atoms with Crippen LogP contribution in [0.2, 0.25) is 0 Å². The molecule has 0 atom stereocenters. The Balaban J connectivity index is 2.28. The maximum absolute atomic E-state index is 12.0. The van der Waals surface area contributed by atoms with Crippen molar-refractivity contribution < 1.29 is 14.6 Å². The van der Waals surface area contributed by atoms with E-state index >= 15 is 0 Å². The number of imidazole rings is 1. The van der Waals surface area contributed by atoms with Gasteiger partial charge in [-0.25, -0.2) is 9.78 Å². The van der Waals surface area contributed by atoms with Crippen molar-refractivity contribution in [1.29, 1.82) is 0 Å². The lowest BCUT2D eigenvalue weighted by Gasteiger charge is -2.11. The maximum Gasteiger partial charge on any atom is 0.356 e. The normalized spacial score (nSPS) is 10.3. The Hall–Kier alpha value is -2.66. The van der Waals surface area contributed by atoms with Gasteiger partial charge in [0.1, 0.15) is 18.1 Å². The lowest BCUT2D eigenvalue weighted by molar-refractivity contribution is 0.0513. The van der Waals surface area contributed by atoms with Gasteiger partial charge in [0, 0.05) is 6.54 Å². The second-order valence-corrected chi connectivity index (χ2v) is 4.95. The molecule has 0 amide bonds. The van der Waals surface area contributed by atoms with E-state index in [4.69, 9.17) is 4.74 Å². The molecule has 2 rings (SSSR count). The van der Waals surface area contributed by atoms with Crippen LogP contribution in [0.15, 0.2) is 49.7 Å². The summed E-state index contributed by atoms with van der Waals surface area (Å²) in [5.74, 6) is -0.0241. The first kappa shape index (κ1) is 16.7. The predicted molar refractivity (Wildman–Crippen MR) is 88.9 cm³/mol. The Morgan fingerprint density at radius 1 is 1.39 bits per heavy atom. The van der Waals surface area contributed by atoms with Gasteiger partial charge in [-0.15, -0.1) is 0 Å². The highest BCUT2D eigenvalue weighted by atomic mass is 16.5. The SMILES string of the molecule is C=CC(=C)c1ccc(Cn2c(C(=O)OCC)cnc2CO)cc1. The molecule has 0 unspecified atom stereocenters. The molecule has 23 heavy (non-hydrogen) atoms. The number of aliphatic hydroxyl groups is 1. The van der Waals surface area contributed by atoms with Gasteiger partial charge in [0.25, 0.3) is 0 Å². The van der Waals surface area contributed by atoms with E-state index in [-0.39, 0.29) is 13.2 Å². The lowest BCUT2D eigenvalue weighted by Crippen LogP contribution is -2.15. The number of benzene rings is 1. The molecule has 1 N–H and O–H groups in total. The minimum Gasteiger partial charge on any atom is -0.461 e. The second kappa shape index (κ2) is 7.56. The minimum absolute atomic E-state index is 0.245. The Morgan fingerprint density at radius 3 is 2.65 bits per heavy atom. The van der Waals surface area contributed by atoms with Crippen molar-refractivity contribution in [1.82, 2.24) is 9.55 Å². The van der Waals surface area contributed by atoms with Crippen LogP contribution >= 0.6 is 0 Å². The molecule has 120 valence electrons. The fraction of sp³-hybridized carbons (Fsp3) is 0.222. The third-order valence-electron chi connectivity index (χ3n) is 3.48. The van der Waals surface area contributed by atoms with E-state index in [1.807, 2.05) is 24.3 Å². The summed E-state index contributed by atoms with van der Waals surface area (Å²) in [6.45, 7) is 9.82. The number of esters is 1. The molecule has 0 bridgehead atoms. The van der Waals surface area contributed by atoms with Crippen LogP contribution in [-0.2, 0) is 17.9 Å². The molecule has 1 aromatic heterocycles. The predicted octanol–water partition coefficient (Wildman–Crippen LogP) is 2.80. The molecule has 0 radical (unpaired) electrons. The first-order chi connectivity index (χ1) is 11.1. The number of aliphatic hydroxyl groups excluding tert-OH is 1. The van der Waals surface area contributed by atoms with Crippen molar-refractivity contribution in [2.45, 2.75) is 20.1 Å². The van der Waals surface area contributed by atoms with Crippen LogP contribution in [-0.4, -0.2) is 27.2 Å². The van der Waals surface area contributed by atoms with E-state index in [0.717, 1.165) is 16.7 Å². The van der Waals surface area contributed by atoms with Gasteiger partial charge in [-0.3, -0.25) is 0 Å². The first-order valence-electron chi connectivity index (χ1n) is 7.33. The maximum atomic E-state index is 12.0. The quantitative estimate of drug-likeness (QED) is 0.631. The molecule has 5 nitrogen and oxygen atoms in total. The van der Waals surface area contributed by atoms with Gasteiger partial charge in [0.2, 0.25) is 0 Å². The second-order valence-electron chi connectivity index (χ2n) is 4.95. The third-order valence-corrected chi connectivity index (χ3v) is 3.48. The fourth-order valence-electron chi connectivity index (χ4n) is 2.21. The van der Waals surface area contributed by atoms with E-state index in [2.05, 4.69) is 18.1 Å². The number of aromatic nitrogens is 2. The van der Waals surface area contributed by atoms with E-state index < -0.39 is 5.97 Å². The average Bonchev–Trinajstić information content (AvgIpc) is 2.97. The summed E-state index contributed by atoms with van der Waals surface area (Å²) in [7, 11) is 0. The monoisotopic (exact) mass is 312 g/mol. The highest BCUT2D eigenvalue weighted by Gasteiger charge is 2.17. The zero-order valence-electron chi connectivity index (χ0n) is 13.2. The summed E-state index contributed by atoms with van der Waals surface area (Å²) < 4.78 is 6.69. The summed E-state index contributed by atoms with van der Waals surface area (Å²) in [4.78, 5) is 16.1. The van der Waals surface area contributed by atoms with E-state index in [1.54, 1.807) is 17.6 Å². The number of ether oxygens (including phenoxy) is 1. The van der Waals surface area contributed by atoms with Crippen molar-refractivity contribution >= 4 is 11.5 Å². The highest BCUT2D eigenvalue weighted by molar-refractivity contribution is 5.87. The van der Waals surface area contributed by atoms with Gasteiger partial charge in [0.15, 0.2) is 0 Å². The van der Waals surface area contributed by atoms with Crippen molar-refractivity contribution in [3.8, 4) is 0 Å². The Morgan fingerprint density at radius 2 is 2.09 bits per heavy atom. The molecule has 0 fully saturated rings. The summed E-state index contributed by atoms with van der Waals surface area (Å²) in [6, 6.07) is 7.78. The van der Waals surface area contributed by atoms with Crippen LogP contribution in [0.25, 0.3) is 5.57 Å². The molecular weight excluding hydrogens is 292 g/mol. The molecule has 1 heterocycles. The number of carbonyl (C=O) groups excluding carboxylic acids is 1. The molecule has 2 aromatic rings. The van der Waals surface area contributed by atoms with Gasteiger partial charge < -0.3 is 14.4 Å². The highest BCUT2D eigenvalue weighted by Crippen LogP contribution is 2.16. The average molecular weight is 312 g/mol. The van der Waals surface area contributed by atoms with E-state index in [9.17, 15) is 9.90 Å². The summed E-state index contributed by atoms with van der Waals surface area (Å²) in [5.41, 5.74) is 3.14. The van der Waals surface area contributed by atoms with Crippen LogP contribution in [0.1, 0.15) is 34.4 Å². The fourth-order valence-corrected chi connectivity index (χ4v) is 2.21. The molecule has 0 aliphatic rings. The molecule has 0 aliphatic heterocycles. The van der Waals surface area contributed by atoms with E-state index in [0.29, 0.717) is 18.1 Å². The molecule has 0 saturated carbocycles. The number of hydrogen-bond acceptors (Lipinski definition) is 4. The van der Waals surface area contributed by atoms with E-state index in [1.165, 1.54) is 6.20 Å². The van der Waals surface area contributed by atoms with Crippen molar-refractivity contribution in [2.75, 3.05) is 6.61 Å².